The quantitative estimate of drug-likeness (QED) is 0.0186. The lowest BCUT2D eigenvalue weighted by atomic mass is 9.85. The molecule has 760 valence electrons. The van der Waals surface area contributed by atoms with Crippen LogP contribution in [0.1, 0.15) is 515 Å². The number of thioether (sulfide) groups is 2. The van der Waals surface area contributed by atoms with E-state index < -0.39 is 0 Å². The highest BCUT2D eigenvalue weighted by atomic mass is 32.2. The number of hydrogen-bond acceptors (Lipinski definition) is 16. The number of hydrogen-bond donors (Lipinski definition) is 4. The SMILES string of the molecule is CCCCCCCCCCCCCCCCCCOC(=O)CCSCCC(=O)OCCCCCCCCCCCCCCCCCC.CCCCCCCCCCCCOC(=O)CCSCCC(=O)OCCCCCCCCCCCC.Cc1cc(Sc2cc(C)c(O)c(C(C)(C)C)c2)cc(C(C)(C)C)c1O.Cc1cc(Sc2cc(C)cc(C(C)(C)C)c2O)c(O)c(C(C)(C)C)c1. The number of esters is 4. The van der Waals surface area contributed by atoms with Gasteiger partial charge in [-0.15, -0.1) is 0 Å². The van der Waals surface area contributed by atoms with Crippen LogP contribution in [0.25, 0.3) is 0 Å². The molecule has 0 bridgehead atoms. The molecule has 4 aromatic carbocycles. The molecule has 0 saturated carbocycles. The van der Waals surface area contributed by atoms with Crippen molar-refractivity contribution in [3.8, 4) is 23.0 Å². The number of carbonyl (C=O) groups excluding carboxylic acids is 4. The largest absolute Gasteiger partial charge is 0.507 e. The number of aryl methyl sites for hydroxylation is 4. The Hall–Kier alpha value is -4.64. The predicted octanol–water partition coefficient (Wildman–Crippen LogP) is 36.5. The number of carbonyl (C=O) groups is 4. The molecule has 0 aliphatic rings. The highest BCUT2D eigenvalue weighted by Crippen LogP contribution is 2.48. The normalized spacial score (nSPS) is 11.7. The smallest absolute Gasteiger partial charge is 0.306 e. The Morgan fingerprint density at radius 3 is 0.614 bits per heavy atom. The van der Waals surface area contributed by atoms with Crippen LogP contribution in [-0.2, 0) is 59.8 Å². The molecule has 0 unspecified atom stereocenters. The lowest BCUT2D eigenvalue weighted by molar-refractivity contribution is -0.144. The Bertz CT molecular complexity index is 3350. The Balaban J connectivity index is 0.000000909. The van der Waals surface area contributed by atoms with Gasteiger partial charge in [0, 0.05) is 55.1 Å². The number of unbranched alkanes of at least 4 members (excludes halogenated alkanes) is 48. The van der Waals surface area contributed by atoms with Crippen molar-refractivity contribution >= 4 is 70.9 Å². The topological polar surface area (TPSA) is 186 Å². The summed E-state index contributed by atoms with van der Waals surface area (Å²) < 4.78 is 21.4. The molecule has 132 heavy (non-hydrogen) atoms. The van der Waals surface area contributed by atoms with Crippen molar-refractivity contribution in [3.63, 3.8) is 0 Å². The summed E-state index contributed by atoms with van der Waals surface area (Å²) >= 11 is 6.37. The maximum Gasteiger partial charge on any atom is 0.306 e. The van der Waals surface area contributed by atoms with E-state index in [-0.39, 0.29) is 45.5 Å². The van der Waals surface area contributed by atoms with Gasteiger partial charge in [-0.2, -0.15) is 23.5 Å². The Kier molecular flexibility index (Phi) is 74.3. The average molecular weight is 1920 g/mol. The molecule has 0 aliphatic carbocycles. The maximum absolute atomic E-state index is 12.0. The van der Waals surface area contributed by atoms with Crippen molar-refractivity contribution < 1.29 is 58.6 Å². The van der Waals surface area contributed by atoms with Crippen LogP contribution in [-0.4, -0.2) is 93.7 Å². The van der Waals surface area contributed by atoms with Crippen LogP contribution in [0.5, 0.6) is 23.0 Å². The van der Waals surface area contributed by atoms with Gasteiger partial charge in [0.1, 0.15) is 23.0 Å². The molecule has 0 spiro atoms. The number of rotatable bonds is 72. The monoisotopic (exact) mass is 1910 g/mol. The van der Waals surface area contributed by atoms with E-state index >= 15 is 0 Å². The molecule has 0 saturated heterocycles. The van der Waals surface area contributed by atoms with Gasteiger partial charge in [0.25, 0.3) is 0 Å². The summed E-state index contributed by atoms with van der Waals surface area (Å²) in [7, 11) is 0. The van der Waals surface area contributed by atoms with Crippen molar-refractivity contribution in [3.05, 3.63) is 93.0 Å². The summed E-state index contributed by atoms with van der Waals surface area (Å²) in [5.41, 5.74) is 7.25. The summed E-state index contributed by atoms with van der Waals surface area (Å²) in [5.74, 6) is 3.79. The molecular weight excluding hydrogens is 1710 g/mol. The van der Waals surface area contributed by atoms with Crippen molar-refractivity contribution in [2.75, 3.05) is 49.4 Å². The lowest BCUT2D eigenvalue weighted by Crippen LogP contribution is -2.12. The van der Waals surface area contributed by atoms with E-state index in [1.807, 2.05) is 64.1 Å². The fourth-order valence-corrected chi connectivity index (χ4v) is 20.0. The first-order chi connectivity index (χ1) is 63.0. The van der Waals surface area contributed by atoms with Crippen molar-refractivity contribution in [2.45, 2.75) is 539 Å². The van der Waals surface area contributed by atoms with Gasteiger partial charge in [0.05, 0.1) is 61.9 Å². The molecule has 0 radical (unpaired) electrons. The predicted molar refractivity (Wildman–Crippen MR) is 574 cm³/mol. The van der Waals surface area contributed by atoms with Gasteiger partial charge in [0.15, 0.2) is 0 Å². The van der Waals surface area contributed by atoms with Crippen molar-refractivity contribution in [1.29, 1.82) is 0 Å². The fourth-order valence-electron chi connectivity index (χ4n) is 16.1. The summed E-state index contributed by atoms with van der Waals surface area (Å²) in [6.45, 7) is 44.5. The number of phenols is 4. The van der Waals surface area contributed by atoms with Crippen LogP contribution in [0.15, 0.2) is 68.1 Å². The molecule has 0 aliphatic heterocycles. The Morgan fingerprint density at radius 2 is 0.424 bits per heavy atom. The minimum Gasteiger partial charge on any atom is -0.507 e. The Labute approximate surface area is 828 Å². The van der Waals surface area contributed by atoms with E-state index in [0.29, 0.717) is 98.1 Å². The number of benzene rings is 4. The summed E-state index contributed by atoms with van der Waals surface area (Å²) in [6, 6.07) is 16.2. The van der Waals surface area contributed by atoms with Crippen LogP contribution in [0, 0.1) is 27.7 Å². The molecule has 4 rings (SSSR count). The second-order valence-electron chi connectivity index (χ2n) is 41.9. The van der Waals surface area contributed by atoms with Gasteiger partial charge < -0.3 is 39.4 Å². The van der Waals surface area contributed by atoms with E-state index in [1.165, 1.54) is 294 Å². The van der Waals surface area contributed by atoms with Crippen molar-refractivity contribution in [2.24, 2.45) is 0 Å². The van der Waals surface area contributed by atoms with E-state index in [0.717, 1.165) is 115 Å². The van der Waals surface area contributed by atoms with Crippen LogP contribution in [0.4, 0.5) is 0 Å². The standard InChI is InChI=1S/C42H82O4S.C30H58O4S.2C22H30O2S/c1-3-5-7-9-11-13-15-17-19-21-23-25-27-29-31-33-37-45-41(43)35-39-47-40-36-42(44)46-38-34-32-30-28-26-24-22-20-18-16-14-12-10-8-6-4-2;1-3-5-7-9-11-13-15-17-19-21-25-33-29(31)23-27-35-28-24-30(32)34-26-22-20-18-16-14-12-10-8-6-4-2;1-13-9-15(11-17(19(13)23)21(3,4)5)25-16-10-14(2)20(24)18(12-16)22(6,7)8;1-13-9-15(21(3,4)5)19(23)17(11-13)25-18-12-14(2)10-16(20(18)24)22(6,7)8/h3-40H2,1-2H3;3-28H2,1-2H3;2*9-12,23-24H,1-8H3. The van der Waals surface area contributed by atoms with E-state index in [1.54, 1.807) is 35.3 Å². The van der Waals surface area contributed by atoms with Crippen LogP contribution < -0.4 is 0 Å². The zero-order chi connectivity index (χ0) is 98.1. The number of aromatic hydroxyl groups is 4. The summed E-state index contributed by atoms with van der Waals surface area (Å²) in [4.78, 5) is 51.3. The maximum atomic E-state index is 12.0. The average Bonchev–Trinajstić information content (AvgIpc) is 0.777. The van der Waals surface area contributed by atoms with Crippen molar-refractivity contribution in [1.82, 2.24) is 0 Å². The van der Waals surface area contributed by atoms with Gasteiger partial charge in [0.2, 0.25) is 0 Å². The van der Waals surface area contributed by atoms with E-state index in [4.69, 9.17) is 18.9 Å². The highest BCUT2D eigenvalue weighted by molar-refractivity contribution is 8.00. The van der Waals surface area contributed by atoms with Gasteiger partial charge >= 0.3 is 23.9 Å². The van der Waals surface area contributed by atoms with Gasteiger partial charge in [-0.05, 0) is 134 Å². The first-order valence-electron chi connectivity index (χ1n) is 53.5. The van der Waals surface area contributed by atoms with E-state index in [9.17, 15) is 39.6 Å². The molecule has 4 aromatic rings. The molecule has 0 atom stereocenters. The van der Waals surface area contributed by atoms with Gasteiger partial charge in [-0.3, -0.25) is 19.2 Å². The van der Waals surface area contributed by atoms with Crippen LogP contribution >= 0.6 is 47.0 Å². The fraction of sp³-hybridized carbons (Fsp3) is 0.759. The zero-order valence-electron chi connectivity index (χ0n) is 88.6. The molecule has 4 N–H and O–H groups in total. The summed E-state index contributed by atoms with van der Waals surface area (Å²) in [5, 5.41) is 42.4. The second-order valence-corrected chi connectivity index (χ2v) is 46.6. The Morgan fingerprint density at radius 1 is 0.242 bits per heavy atom. The molecule has 16 heteroatoms. The molecule has 0 fully saturated rings. The van der Waals surface area contributed by atoms with E-state index in [2.05, 4.69) is 123 Å². The molecular formula is C116H200O12S4. The van der Waals surface area contributed by atoms with Crippen LogP contribution in [0.3, 0.4) is 0 Å². The third-order valence-electron chi connectivity index (χ3n) is 24.5. The minimum atomic E-state index is -0.142. The third kappa shape index (κ3) is 66.0. The first kappa shape index (κ1) is 125. The van der Waals surface area contributed by atoms with Crippen LogP contribution in [0.2, 0.25) is 0 Å². The highest BCUT2D eigenvalue weighted by Gasteiger charge is 2.27. The number of ether oxygens (including phenoxy) is 4. The minimum absolute atomic E-state index is 0.107. The lowest BCUT2D eigenvalue weighted by Gasteiger charge is -2.24. The molecule has 0 heterocycles. The zero-order valence-corrected chi connectivity index (χ0v) is 91.8. The second kappa shape index (κ2) is 78.2. The summed E-state index contributed by atoms with van der Waals surface area (Å²) in [6.07, 6.45) is 70.5. The number of phenolic OH excluding ortho intramolecular Hbond substituents is 4. The molecule has 12 nitrogen and oxygen atoms in total. The molecule has 0 aromatic heterocycles. The third-order valence-corrected chi connectivity index (χ3v) is 28.5. The first-order valence-corrected chi connectivity index (χ1v) is 57.5. The molecule has 0 amide bonds. The van der Waals surface area contributed by atoms with Gasteiger partial charge in [-0.1, -0.05) is 455 Å². The van der Waals surface area contributed by atoms with Gasteiger partial charge in [-0.25, -0.2) is 0 Å².